The molecule has 2 heterocycles. The number of hydrogen-bond acceptors (Lipinski definition) is 4. The molecule has 1 atom stereocenters. The second-order valence-electron chi connectivity index (χ2n) is 7.24. The van der Waals surface area contributed by atoms with E-state index in [0.717, 1.165) is 22.6 Å². The highest BCUT2D eigenvalue weighted by Gasteiger charge is 2.23. The minimum atomic E-state index is -0.753. The molecule has 0 bridgehead atoms. The van der Waals surface area contributed by atoms with E-state index in [1.807, 2.05) is 60.7 Å². The molecule has 2 amide bonds. The highest BCUT2D eigenvalue weighted by molar-refractivity contribution is 6.02. The quantitative estimate of drug-likeness (QED) is 0.423. The lowest BCUT2D eigenvalue weighted by atomic mass is 10.0. The fourth-order valence-electron chi connectivity index (χ4n) is 3.48. The average Bonchev–Trinajstić information content (AvgIpc) is 3.34. The highest BCUT2D eigenvalue weighted by atomic mass is 16.2. The molecule has 2 aromatic heterocycles. The first-order chi connectivity index (χ1) is 15.7. The topological polar surface area (TPSA) is 99.8 Å². The van der Waals surface area contributed by atoms with Crippen molar-refractivity contribution < 1.29 is 9.59 Å². The maximum atomic E-state index is 13.2. The van der Waals surface area contributed by atoms with E-state index in [2.05, 4.69) is 25.8 Å². The van der Waals surface area contributed by atoms with Crippen molar-refractivity contribution in [3.63, 3.8) is 0 Å². The number of carbonyl (C=O) groups excluding carboxylic acids is 2. The molecule has 160 valence electrons. The van der Waals surface area contributed by atoms with Crippen LogP contribution in [0.5, 0.6) is 0 Å². The molecular formula is C25H23N5O2. The summed E-state index contributed by atoms with van der Waals surface area (Å²) in [4.78, 5) is 29.9. The molecule has 0 unspecified atom stereocenters. The number of pyridine rings is 1. The zero-order valence-electron chi connectivity index (χ0n) is 17.6. The first-order valence-electron chi connectivity index (χ1n) is 10.3. The number of carbonyl (C=O) groups is 2. The van der Waals surface area contributed by atoms with E-state index in [9.17, 15) is 9.59 Å². The van der Waals surface area contributed by atoms with Crippen molar-refractivity contribution in [3.05, 3.63) is 96.3 Å². The van der Waals surface area contributed by atoms with E-state index in [4.69, 9.17) is 0 Å². The highest BCUT2D eigenvalue weighted by Crippen LogP contribution is 2.26. The van der Waals surface area contributed by atoms with E-state index in [1.165, 1.54) is 0 Å². The van der Waals surface area contributed by atoms with Crippen molar-refractivity contribution in [2.45, 2.75) is 12.5 Å². The Bertz CT molecular complexity index is 1210. The lowest BCUT2D eigenvalue weighted by Crippen LogP contribution is -2.47. The predicted molar refractivity (Wildman–Crippen MR) is 123 cm³/mol. The minimum absolute atomic E-state index is 0.283. The number of nitrogens with zero attached hydrogens (tertiary/aromatic N) is 2. The van der Waals surface area contributed by atoms with Gasteiger partial charge in [0.25, 0.3) is 5.91 Å². The fourth-order valence-corrected chi connectivity index (χ4v) is 3.48. The first-order valence-corrected chi connectivity index (χ1v) is 10.3. The van der Waals surface area contributed by atoms with Gasteiger partial charge < -0.3 is 10.6 Å². The van der Waals surface area contributed by atoms with Crippen molar-refractivity contribution in [3.8, 4) is 22.5 Å². The van der Waals surface area contributed by atoms with Gasteiger partial charge in [0.2, 0.25) is 5.91 Å². The molecule has 3 N–H and O–H groups in total. The molecule has 0 fully saturated rings. The van der Waals surface area contributed by atoms with Crippen LogP contribution in [0.4, 0.5) is 0 Å². The van der Waals surface area contributed by atoms with Crippen molar-refractivity contribution in [2.75, 3.05) is 7.05 Å². The number of aromatic amines is 1. The van der Waals surface area contributed by atoms with Gasteiger partial charge in [-0.05, 0) is 24.3 Å². The minimum Gasteiger partial charge on any atom is -0.357 e. The van der Waals surface area contributed by atoms with Gasteiger partial charge in [0.15, 0.2) is 0 Å². The largest absolute Gasteiger partial charge is 0.357 e. The molecule has 32 heavy (non-hydrogen) atoms. The Morgan fingerprint density at radius 2 is 1.72 bits per heavy atom. The van der Waals surface area contributed by atoms with Crippen LogP contribution in [0.1, 0.15) is 16.1 Å². The van der Waals surface area contributed by atoms with Gasteiger partial charge in [-0.15, -0.1) is 0 Å². The maximum absolute atomic E-state index is 13.2. The van der Waals surface area contributed by atoms with Gasteiger partial charge in [-0.3, -0.25) is 19.7 Å². The van der Waals surface area contributed by atoms with E-state index in [-0.39, 0.29) is 18.2 Å². The molecule has 0 saturated heterocycles. The molecule has 2 aromatic carbocycles. The Kier molecular flexibility index (Phi) is 6.36. The molecular weight excluding hydrogens is 402 g/mol. The lowest BCUT2D eigenvalue weighted by molar-refractivity contribution is -0.122. The molecule has 0 radical (unpaired) electrons. The number of rotatable bonds is 7. The van der Waals surface area contributed by atoms with Crippen LogP contribution in [-0.4, -0.2) is 40.1 Å². The van der Waals surface area contributed by atoms with Crippen LogP contribution in [0.15, 0.2) is 85.1 Å². The van der Waals surface area contributed by atoms with Gasteiger partial charge in [-0.2, -0.15) is 5.10 Å². The smallest absolute Gasteiger partial charge is 0.252 e. The SMILES string of the molecule is CNC(=O)[C@@H](Cc1ccccn1)NC(=O)c1ccccc1-c1cc(-c2ccccc2)n[nH]1. The standard InChI is InChI=1S/C25H23N5O2/c1-26-25(32)23(15-18-11-7-8-14-27-18)28-24(31)20-13-6-5-12-19(20)22-16-21(29-30-22)17-9-3-2-4-10-17/h2-14,16,23H,15H2,1H3,(H,26,32)(H,28,31)(H,29,30)/t23-/m1/s1. The molecule has 0 aliphatic carbocycles. The summed E-state index contributed by atoms with van der Waals surface area (Å²) in [6.07, 6.45) is 1.95. The lowest BCUT2D eigenvalue weighted by Gasteiger charge is -2.18. The second-order valence-corrected chi connectivity index (χ2v) is 7.24. The van der Waals surface area contributed by atoms with Gasteiger partial charge in [0, 0.05) is 42.0 Å². The molecule has 0 saturated carbocycles. The monoisotopic (exact) mass is 425 g/mol. The Balaban J connectivity index is 1.59. The second kappa shape index (κ2) is 9.70. The van der Waals surface area contributed by atoms with Crippen molar-refractivity contribution in [1.82, 2.24) is 25.8 Å². The van der Waals surface area contributed by atoms with Crippen LogP contribution >= 0.6 is 0 Å². The van der Waals surface area contributed by atoms with Gasteiger partial charge in [-0.25, -0.2) is 0 Å². The van der Waals surface area contributed by atoms with Crippen LogP contribution in [0.25, 0.3) is 22.5 Å². The molecule has 4 rings (SSSR count). The maximum Gasteiger partial charge on any atom is 0.252 e. The van der Waals surface area contributed by atoms with Gasteiger partial charge in [0.05, 0.1) is 11.4 Å². The molecule has 7 nitrogen and oxygen atoms in total. The number of likely N-dealkylation sites (N-methyl/N-ethyl adjacent to an activating group) is 1. The summed E-state index contributed by atoms with van der Waals surface area (Å²) in [6.45, 7) is 0. The Morgan fingerprint density at radius 1 is 0.969 bits per heavy atom. The van der Waals surface area contributed by atoms with Crippen LogP contribution < -0.4 is 10.6 Å². The molecule has 0 spiro atoms. The Hall–Kier alpha value is -4.26. The zero-order valence-corrected chi connectivity index (χ0v) is 17.6. The summed E-state index contributed by atoms with van der Waals surface area (Å²) in [7, 11) is 1.55. The Labute approximate surface area is 185 Å². The summed E-state index contributed by atoms with van der Waals surface area (Å²) in [6, 6.07) is 23.7. The summed E-state index contributed by atoms with van der Waals surface area (Å²) in [5.74, 6) is -0.629. The van der Waals surface area contributed by atoms with Crippen molar-refractivity contribution in [1.29, 1.82) is 0 Å². The normalized spacial score (nSPS) is 11.5. The number of nitrogens with one attached hydrogen (secondary N) is 3. The zero-order chi connectivity index (χ0) is 22.3. The van der Waals surface area contributed by atoms with Crippen LogP contribution in [0.2, 0.25) is 0 Å². The van der Waals surface area contributed by atoms with E-state index in [0.29, 0.717) is 11.1 Å². The number of H-pyrrole nitrogens is 1. The molecule has 0 aliphatic heterocycles. The van der Waals surface area contributed by atoms with Crippen molar-refractivity contribution >= 4 is 11.8 Å². The van der Waals surface area contributed by atoms with E-state index >= 15 is 0 Å². The first kappa shape index (κ1) is 21.0. The number of amides is 2. The predicted octanol–water partition coefficient (Wildman–Crippen LogP) is 3.23. The molecule has 7 heteroatoms. The third-order valence-corrected chi connectivity index (χ3v) is 5.12. The van der Waals surface area contributed by atoms with Crippen LogP contribution in [0, 0.1) is 0 Å². The third kappa shape index (κ3) is 4.73. The number of hydrogen-bond donors (Lipinski definition) is 3. The fraction of sp³-hybridized carbons (Fsp3) is 0.120. The molecule has 4 aromatic rings. The van der Waals surface area contributed by atoms with Crippen molar-refractivity contribution in [2.24, 2.45) is 0 Å². The van der Waals surface area contributed by atoms with Crippen LogP contribution in [0.3, 0.4) is 0 Å². The third-order valence-electron chi connectivity index (χ3n) is 5.12. The van der Waals surface area contributed by atoms with Gasteiger partial charge in [-0.1, -0.05) is 54.6 Å². The van der Waals surface area contributed by atoms with E-state index in [1.54, 1.807) is 31.4 Å². The number of benzene rings is 2. The summed E-state index contributed by atoms with van der Waals surface area (Å²) >= 11 is 0. The van der Waals surface area contributed by atoms with Crippen LogP contribution in [-0.2, 0) is 11.2 Å². The van der Waals surface area contributed by atoms with Gasteiger partial charge >= 0.3 is 0 Å². The Morgan fingerprint density at radius 3 is 2.47 bits per heavy atom. The average molecular weight is 425 g/mol. The summed E-state index contributed by atoms with van der Waals surface area (Å²) < 4.78 is 0. The van der Waals surface area contributed by atoms with E-state index < -0.39 is 6.04 Å². The number of aromatic nitrogens is 3. The summed E-state index contributed by atoms with van der Waals surface area (Å²) in [5, 5.41) is 12.9. The summed E-state index contributed by atoms with van der Waals surface area (Å²) in [5.41, 5.74) is 4.35. The van der Waals surface area contributed by atoms with Gasteiger partial charge in [0.1, 0.15) is 6.04 Å². The molecule has 0 aliphatic rings.